The average Bonchev–Trinajstić information content (AvgIpc) is 2.49. The van der Waals surface area contributed by atoms with Gasteiger partial charge >= 0.3 is 0 Å². The monoisotopic (exact) mass is 192 g/mol. The van der Waals surface area contributed by atoms with E-state index in [1.54, 1.807) is 0 Å². The summed E-state index contributed by atoms with van der Waals surface area (Å²) in [6, 6.07) is 0. The Hall–Kier alpha value is 0.0300. The van der Waals surface area contributed by atoms with Crippen molar-refractivity contribution in [3.63, 3.8) is 0 Å². The fourth-order valence-electron chi connectivity index (χ4n) is 1.35. The highest BCUT2D eigenvalue weighted by atomic mass is 32.2. The highest BCUT2D eigenvalue weighted by molar-refractivity contribution is 7.79. The Bertz CT molecular complexity index is 148. The molecule has 0 aromatic heterocycles. The summed E-state index contributed by atoms with van der Waals surface area (Å²) in [5.74, 6) is 1.04. The van der Waals surface area contributed by atoms with Crippen molar-refractivity contribution in [2.75, 3.05) is 31.9 Å². The van der Waals surface area contributed by atoms with Crippen LogP contribution in [0.25, 0.3) is 0 Å². The van der Waals surface area contributed by atoms with Crippen LogP contribution in [-0.4, -0.2) is 40.7 Å². The summed E-state index contributed by atoms with van der Waals surface area (Å²) in [6.45, 7) is 3.79. The van der Waals surface area contributed by atoms with Gasteiger partial charge in [-0.05, 0) is 32.0 Å². The van der Waals surface area contributed by atoms with Crippen LogP contribution >= 0.6 is 0 Å². The van der Waals surface area contributed by atoms with Gasteiger partial charge in [0.25, 0.3) is 0 Å². The van der Waals surface area contributed by atoms with E-state index >= 15 is 0 Å². The second-order valence-electron chi connectivity index (χ2n) is 3.09. The van der Waals surface area contributed by atoms with Gasteiger partial charge < -0.3 is 15.2 Å². The lowest BCUT2D eigenvalue weighted by molar-refractivity contribution is 0.517. The fourth-order valence-corrected chi connectivity index (χ4v) is 1.67. The lowest BCUT2D eigenvalue weighted by atomic mass is 10.1. The summed E-state index contributed by atoms with van der Waals surface area (Å²) in [6.07, 6.45) is 1.22. The molecule has 0 bridgehead atoms. The first-order valence-corrected chi connectivity index (χ1v) is 5.55. The van der Waals surface area contributed by atoms with Gasteiger partial charge in [-0.1, -0.05) is 0 Å². The number of nitrogens with one attached hydrogen (secondary N) is 2. The van der Waals surface area contributed by atoms with Crippen LogP contribution in [-0.2, 0) is 11.1 Å². The van der Waals surface area contributed by atoms with Crippen molar-refractivity contribution < 1.29 is 8.76 Å². The topological polar surface area (TPSA) is 61.4 Å². The van der Waals surface area contributed by atoms with Crippen molar-refractivity contribution in [3.05, 3.63) is 0 Å². The molecule has 0 spiro atoms. The van der Waals surface area contributed by atoms with E-state index in [0.29, 0.717) is 18.2 Å². The van der Waals surface area contributed by atoms with Gasteiger partial charge in [-0.3, -0.25) is 0 Å². The van der Waals surface area contributed by atoms with Gasteiger partial charge in [0, 0.05) is 6.54 Å². The summed E-state index contributed by atoms with van der Waals surface area (Å²) in [5.41, 5.74) is 0. The molecular formula is C7H16N2O2S. The molecule has 2 atom stereocenters. The molecule has 0 aromatic carbocycles. The van der Waals surface area contributed by atoms with Crippen LogP contribution in [0.1, 0.15) is 6.42 Å². The third kappa shape index (κ3) is 4.15. The normalized spacial score (nSPS) is 25.9. The smallest absolute Gasteiger partial charge is 0.154 e. The van der Waals surface area contributed by atoms with Crippen LogP contribution in [0.15, 0.2) is 0 Å². The van der Waals surface area contributed by atoms with Crippen LogP contribution < -0.4 is 10.6 Å². The first-order valence-electron chi connectivity index (χ1n) is 4.28. The molecule has 1 aliphatic rings. The second-order valence-corrected chi connectivity index (χ2v) is 4.14. The minimum atomic E-state index is -1.65. The molecule has 1 saturated heterocycles. The van der Waals surface area contributed by atoms with Gasteiger partial charge in [-0.15, -0.1) is 0 Å². The Labute approximate surface area is 75.4 Å². The van der Waals surface area contributed by atoms with E-state index in [-0.39, 0.29) is 0 Å². The lowest BCUT2D eigenvalue weighted by Crippen LogP contribution is -2.27. The molecule has 1 aliphatic heterocycles. The van der Waals surface area contributed by atoms with Gasteiger partial charge in [-0.25, -0.2) is 4.21 Å². The third-order valence-electron chi connectivity index (χ3n) is 2.05. The molecule has 0 aromatic rings. The fraction of sp³-hybridized carbons (Fsp3) is 1.00. The van der Waals surface area contributed by atoms with Crippen LogP contribution in [0.2, 0.25) is 0 Å². The molecule has 72 valence electrons. The highest BCUT2D eigenvalue weighted by Gasteiger charge is 2.12. The van der Waals surface area contributed by atoms with E-state index in [0.717, 1.165) is 19.6 Å². The maximum Gasteiger partial charge on any atom is 0.154 e. The number of hydrogen-bond donors (Lipinski definition) is 3. The van der Waals surface area contributed by atoms with Gasteiger partial charge in [0.15, 0.2) is 11.1 Å². The minimum Gasteiger partial charge on any atom is -0.316 e. The summed E-state index contributed by atoms with van der Waals surface area (Å²) in [5, 5.41) is 6.44. The zero-order chi connectivity index (χ0) is 8.81. The predicted octanol–water partition coefficient (Wildman–Crippen LogP) is -0.593. The zero-order valence-corrected chi connectivity index (χ0v) is 7.90. The first kappa shape index (κ1) is 10.1. The molecule has 1 heterocycles. The van der Waals surface area contributed by atoms with Crippen LogP contribution in [0.4, 0.5) is 0 Å². The summed E-state index contributed by atoms with van der Waals surface area (Å²) < 4.78 is 18.7. The van der Waals surface area contributed by atoms with Gasteiger partial charge in [0.05, 0.1) is 5.75 Å². The Kier molecular flexibility index (Phi) is 4.75. The molecular weight excluding hydrogens is 176 g/mol. The van der Waals surface area contributed by atoms with Crippen LogP contribution in [0.5, 0.6) is 0 Å². The van der Waals surface area contributed by atoms with E-state index in [2.05, 4.69) is 10.6 Å². The van der Waals surface area contributed by atoms with Crippen molar-refractivity contribution in [2.24, 2.45) is 5.92 Å². The van der Waals surface area contributed by atoms with Crippen molar-refractivity contribution in [1.82, 2.24) is 10.6 Å². The van der Waals surface area contributed by atoms with Crippen LogP contribution in [0, 0.1) is 5.92 Å². The second kappa shape index (κ2) is 5.64. The summed E-state index contributed by atoms with van der Waals surface area (Å²) in [7, 11) is 0. The van der Waals surface area contributed by atoms with Crippen LogP contribution in [0.3, 0.4) is 0 Å². The molecule has 0 amide bonds. The molecule has 4 nitrogen and oxygen atoms in total. The first-order chi connectivity index (χ1) is 5.79. The SMILES string of the molecule is O=S(O)CCNCC1CCNC1. The Morgan fingerprint density at radius 3 is 3.08 bits per heavy atom. The Morgan fingerprint density at radius 2 is 2.50 bits per heavy atom. The molecule has 0 aliphatic carbocycles. The summed E-state index contributed by atoms with van der Waals surface area (Å²) >= 11 is -1.65. The molecule has 1 fully saturated rings. The van der Waals surface area contributed by atoms with Crippen molar-refractivity contribution in [1.29, 1.82) is 0 Å². The Morgan fingerprint density at radius 1 is 1.67 bits per heavy atom. The predicted molar refractivity (Wildman–Crippen MR) is 49.5 cm³/mol. The molecule has 2 unspecified atom stereocenters. The summed E-state index contributed by atoms with van der Waals surface area (Å²) in [4.78, 5) is 0. The third-order valence-corrected chi connectivity index (χ3v) is 2.60. The van der Waals surface area contributed by atoms with Crippen molar-refractivity contribution in [2.45, 2.75) is 6.42 Å². The van der Waals surface area contributed by atoms with Gasteiger partial charge in [0.2, 0.25) is 0 Å². The molecule has 3 N–H and O–H groups in total. The zero-order valence-electron chi connectivity index (χ0n) is 7.08. The highest BCUT2D eigenvalue weighted by Crippen LogP contribution is 2.04. The van der Waals surface area contributed by atoms with E-state index in [1.807, 2.05) is 0 Å². The molecule has 5 heteroatoms. The van der Waals surface area contributed by atoms with E-state index in [4.69, 9.17) is 4.55 Å². The lowest BCUT2D eigenvalue weighted by Gasteiger charge is -2.08. The largest absolute Gasteiger partial charge is 0.316 e. The molecule has 12 heavy (non-hydrogen) atoms. The minimum absolute atomic E-state index is 0.333. The van der Waals surface area contributed by atoms with E-state index in [9.17, 15) is 4.21 Å². The van der Waals surface area contributed by atoms with Crippen molar-refractivity contribution >= 4 is 11.1 Å². The molecule has 0 radical (unpaired) electrons. The number of hydrogen-bond acceptors (Lipinski definition) is 3. The molecule has 1 rings (SSSR count). The molecule has 0 saturated carbocycles. The van der Waals surface area contributed by atoms with E-state index in [1.165, 1.54) is 6.42 Å². The van der Waals surface area contributed by atoms with Crippen molar-refractivity contribution in [3.8, 4) is 0 Å². The maximum atomic E-state index is 10.3. The van der Waals surface area contributed by atoms with Gasteiger partial charge in [0.1, 0.15) is 0 Å². The quantitative estimate of drug-likeness (QED) is 0.402. The Balaban J connectivity index is 1.91. The standard InChI is InChI=1S/C7H16N2O2S/c10-12(11)4-3-9-6-7-1-2-8-5-7/h7-9H,1-6H2,(H,10,11). The van der Waals surface area contributed by atoms with E-state index < -0.39 is 11.1 Å². The average molecular weight is 192 g/mol. The van der Waals surface area contributed by atoms with Gasteiger partial charge in [-0.2, -0.15) is 0 Å². The number of rotatable bonds is 5. The maximum absolute atomic E-state index is 10.3.